The topological polar surface area (TPSA) is 46.2 Å². The van der Waals surface area contributed by atoms with Gasteiger partial charge in [0.2, 0.25) is 10.9 Å². The fraction of sp³-hybridized carbons (Fsp3) is 0. The molecule has 2 aromatic rings. The molecular formula is C10H5F2NO2. The molecule has 2 aromatic carbocycles. The molecule has 3 nitrogen and oxygen atoms in total. The zero-order chi connectivity index (χ0) is 11.0. The number of rotatable bonds is 2. The number of nitrogens with one attached hydrogen (secondary N) is 1. The molecule has 0 aliphatic carbocycles. The standard InChI is InChI=1S/C10H5F2NO2/c11-5-1-2-7(6(12)3-5)13-8-4-9(14)10(8)15/h1-4,13H. The van der Waals surface area contributed by atoms with Crippen LogP contribution in [0.3, 0.4) is 0 Å². The van der Waals surface area contributed by atoms with Crippen LogP contribution in [-0.4, -0.2) is 0 Å². The van der Waals surface area contributed by atoms with Gasteiger partial charge in [-0.15, -0.1) is 0 Å². The minimum Gasteiger partial charge on any atom is -0.350 e. The van der Waals surface area contributed by atoms with E-state index in [0.717, 1.165) is 18.2 Å². The Morgan fingerprint density at radius 1 is 1.00 bits per heavy atom. The van der Waals surface area contributed by atoms with Crippen molar-refractivity contribution in [3.05, 3.63) is 56.3 Å². The highest BCUT2D eigenvalue weighted by Gasteiger charge is 2.11. The van der Waals surface area contributed by atoms with E-state index < -0.39 is 22.5 Å². The van der Waals surface area contributed by atoms with Gasteiger partial charge in [-0.3, -0.25) is 9.59 Å². The van der Waals surface area contributed by atoms with Crippen molar-refractivity contribution in [2.24, 2.45) is 0 Å². The van der Waals surface area contributed by atoms with Crippen molar-refractivity contribution in [1.29, 1.82) is 0 Å². The van der Waals surface area contributed by atoms with Crippen molar-refractivity contribution >= 4 is 11.4 Å². The molecule has 0 aromatic heterocycles. The van der Waals surface area contributed by atoms with E-state index in [1.807, 2.05) is 0 Å². The van der Waals surface area contributed by atoms with Gasteiger partial charge < -0.3 is 5.32 Å². The maximum atomic E-state index is 13.1. The van der Waals surface area contributed by atoms with E-state index in [9.17, 15) is 18.4 Å². The highest BCUT2D eigenvalue weighted by molar-refractivity contribution is 5.61. The molecule has 15 heavy (non-hydrogen) atoms. The van der Waals surface area contributed by atoms with E-state index in [1.165, 1.54) is 0 Å². The molecule has 0 atom stereocenters. The Hall–Kier alpha value is -2.04. The maximum Gasteiger partial charge on any atom is 0.249 e. The third kappa shape index (κ3) is 1.63. The maximum absolute atomic E-state index is 13.1. The van der Waals surface area contributed by atoms with E-state index in [0.29, 0.717) is 6.07 Å². The first-order chi connectivity index (χ1) is 7.08. The summed E-state index contributed by atoms with van der Waals surface area (Å²) in [4.78, 5) is 21.4. The number of anilines is 2. The molecule has 0 spiro atoms. The Balaban J connectivity index is 2.30. The third-order valence-corrected chi connectivity index (χ3v) is 1.94. The summed E-state index contributed by atoms with van der Waals surface area (Å²) >= 11 is 0. The van der Waals surface area contributed by atoms with Crippen LogP contribution in [0.2, 0.25) is 0 Å². The van der Waals surface area contributed by atoms with Gasteiger partial charge in [0, 0.05) is 12.1 Å². The Labute approximate surface area is 82.7 Å². The van der Waals surface area contributed by atoms with Crippen LogP contribution >= 0.6 is 0 Å². The van der Waals surface area contributed by atoms with Crippen LogP contribution in [0.1, 0.15) is 0 Å². The van der Waals surface area contributed by atoms with E-state index in [1.54, 1.807) is 0 Å². The van der Waals surface area contributed by atoms with Gasteiger partial charge in [0.1, 0.15) is 11.6 Å². The third-order valence-electron chi connectivity index (χ3n) is 1.94. The number of hydrogen-bond acceptors (Lipinski definition) is 3. The molecule has 0 bridgehead atoms. The summed E-state index contributed by atoms with van der Waals surface area (Å²) in [5.74, 6) is -1.52. The lowest BCUT2D eigenvalue weighted by atomic mass is 10.2. The summed E-state index contributed by atoms with van der Waals surface area (Å²) in [6, 6.07) is 3.96. The van der Waals surface area contributed by atoms with Gasteiger partial charge in [-0.05, 0) is 12.1 Å². The Kier molecular flexibility index (Phi) is 2.07. The van der Waals surface area contributed by atoms with Crippen LogP contribution in [0.5, 0.6) is 0 Å². The van der Waals surface area contributed by atoms with Crippen molar-refractivity contribution in [2.75, 3.05) is 5.32 Å². The van der Waals surface area contributed by atoms with Gasteiger partial charge >= 0.3 is 0 Å². The second-order valence-corrected chi connectivity index (χ2v) is 3.00. The summed E-state index contributed by atoms with van der Waals surface area (Å²) < 4.78 is 25.6. The van der Waals surface area contributed by atoms with Crippen molar-refractivity contribution < 1.29 is 8.78 Å². The smallest absolute Gasteiger partial charge is 0.249 e. The first-order valence-corrected chi connectivity index (χ1v) is 4.10. The number of hydrogen-bond donors (Lipinski definition) is 1. The van der Waals surface area contributed by atoms with Gasteiger partial charge in [0.25, 0.3) is 0 Å². The normalized spacial score (nSPS) is 10.5. The zero-order valence-corrected chi connectivity index (χ0v) is 7.38. The van der Waals surface area contributed by atoms with Gasteiger partial charge in [-0.2, -0.15) is 0 Å². The zero-order valence-electron chi connectivity index (χ0n) is 7.38. The summed E-state index contributed by atoms with van der Waals surface area (Å²) in [6.07, 6.45) is 0. The van der Waals surface area contributed by atoms with Crippen LogP contribution in [0.15, 0.2) is 33.9 Å². The Morgan fingerprint density at radius 2 is 1.73 bits per heavy atom. The summed E-state index contributed by atoms with van der Waals surface area (Å²) in [5, 5.41) is 2.40. The molecule has 2 rings (SSSR count). The molecule has 0 unspecified atom stereocenters. The molecule has 0 aliphatic heterocycles. The molecule has 0 radical (unpaired) electrons. The van der Waals surface area contributed by atoms with Crippen LogP contribution in [0.25, 0.3) is 0 Å². The molecule has 0 amide bonds. The van der Waals surface area contributed by atoms with E-state index in [4.69, 9.17) is 0 Å². The molecule has 0 saturated heterocycles. The lowest BCUT2D eigenvalue weighted by molar-refractivity contribution is 0.586. The summed E-state index contributed by atoms with van der Waals surface area (Å²) in [7, 11) is 0. The predicted molar refractivity (Wildman–Crippen MR) is 51.0 cm³/mol. The molecule has 1 N–H and O–H groups in total. The fourth-order valence-electron chi connectivity index (χ4n) is 1.15. The SMILES string of the molecule is O=c1cc(Nc2ccc(F)cc2F)c1=O. The molecule has 0 aliphatic rings. The first-order valence-electron chi connectivity index (χ1n) is 4.10. The molecule has 0 saturated carbocycles. The highest BCUT2D eigenvalue weighted by Crippen LogP contribution is 2.18. The molecule has 0 heterocycles. The van der Waals surface area contributed by atoms with E-state index in [-0.39, 0.29) is 11.4 Å². The van der Waals surface area contributed by atoms with Gasteiger partial charge in [0.15, 0.2) is 0 Å². The van der Waals surface area contributed by atoms with Crippen LogP contribution < -0.4 is 16.2 Å². The molecule has 76 valence electrons. The van der Waals surface area contributed by atoms with Crippen LogP contribution in [0, 0.1) is 11.6 Å². The van der Waals surface area contributed by atoms with Crippen molar-refractivity contribution in [1.82, 2.24) is 0 Å². The quantitative estimate of drug-likeness (QED) is 0.758. The van der Waals surface area contributed by atoms with Crippen LogP contribution in [0.4, 0.5) is 20.2 Å². The lowest BCUT2D eigenvalue weighted by Gasteiger charge is -2.07. The van der Waals surface area contributed by atoms with Crippen LogP contribution in [-0.2, 0) is 0 Å². The van der Waals surface area contributed by atoms with Crippen molar-refractivity contribution in [2.45, 2.75) is 0 Å². The average Bonchev–Trinajstić information content (AvgIpc) is 2.20. The van der Waals surface area contributed by atoms with Gasteiger partial charge in [0.05, 0.1) is 11.4 Å². The van der Waals surface area contributed by atoms with E-state index in [2.05, 4.69) is 5.32 Å². The average molecular weight is 209 g/mol. The highest BCUT2D eigenvalue weighted by atomic mass is 19.1. The molecular weight excluding hydrogens is 204 g/mol. The Bertz CT molecular complexity index is 585. The predicted octanol–water partition coefficient (Wildman–Crippen LogP) is 1.30. The van der Waals surface area contributed by atoms with Gasteiger partial charge in [-0.1, -0.05) is 0 Å². The monoisotopic (exact) mass is 209 g/mol. The van der Waals surface area contributed by atoms with Gasteiger partial charge in [-0.25, -0.2) is 8.78 Å². The summed E-state index contributed by atoms with van der Waals surface area (Å²) in [5.41, 5.74) is -1.34. The lowest BCUT2D eigenvalue weighted by Crippen LogP contribution is -2.31. The first kappa shape index (κ1) is 9.51. The largest absolute Gasteiger partial charge is 0.350 e. The molecule has 5 heteroatoms. The second kappa shape index (κ2) is 3.27. The Morgan fingerprint density at radius 3 is 2.27 bits per heavy atom. The number of halogens is 2. The minimum atomic E-state index is -0.817. The van der Waals surface area contributed by atoms with Crippen molar-refractivity contribution in [3.63, 3.8) is 0 Å². The fourth-order valence-corrected chi connectivity index (χ4v) is 1.15. The summed E-state index contributed by atoms with van der Waals surface area (Å²) in [6.45, 7) is 0. The van der Waals surface area contributed by atoms with Crippen molar-refractivity contribution in [3.8, 4) is 0 Å². The second-order valence-electron chi connectivity index (χ2n) is 3.00. The molecule has 0 fully saturated rings. The van der Waals surface area contributed by atoms with E-state index >= 15 is 0 Å². The number of benzene rings is 1. The minimum absolute atomic E-state index is 0.0190.